The zero-order valence-corrected chi connectivity index (χ0v) is 20.8. The van der Waals surface area contributed by atoms with Crippen molar-refractivity contribution in [2.24, 2.45) is 0 Å². The summed E-state index contributed by atoms with van der Waals surface area (Å²) in [5.41, 5.74) is 2.68. The minimum Gasteiger partial charge on any atom is -0.510 e. The molecule has 1 amide bonds. The molecule has 0 unspecified atom stereocenters. The molecule has 3 aromatic rings. The highest BCUT2D eigenvalue weighted by Gasteiger charge is 2.31. The smallest absolute Gasteiger partial charge is 0.251 e. The van der Waals surface area contributed by atoms with Gasteiger partial charge in [-0.1, -0.05) is 18.6 Å². The molecule has 0 bridgehead atoms. The summed E-state index contributed by atoms with van der Waals surface area (Å²) in [5, 5.41) is 23.0. The van der Waals surface area contributed by atoms with Crippen LogP contribution in [0.4, 0.5) is 5.69 Å². The second-order valence-corrected chi connectivity index (χ2v) is 10.3. The number of rotatable bonds is 7. The molecular weight excluding hydrogens is 458 g/mol. The van der Waals surface area contributed by atoms with Crippen molar-refractivity contribution in [1.82, 2.24) is 15.2 Å². The molecule has 3 heterocycles. The number of anilines is 1. The second kappa shape index (κ2) is 10.2. The Morgan fingerprint density at radius 3 is 2.77 bits per heavy atom. The number of benzene rings is 2. The molecule has 1 fully saturated rings. The summed E-state index contributed by atoms with van der Waals surface area (Å²) in [5.74, 6) is 0.264. The number of nitrogens with one attached hydrogen (secondary N) is 2. The van der Waals surface area contributed by atoms with Crippen LogP contribution in [0.3, 0.4) is 0 Å². The molecule has 35 heavy (non-hydrogen) atoms. The van der Waals surface area contributed by atoms with Gasteiger partial charge in [-0.15, -0.1) is 11.3 Å². The van der Waals surface area contributed by atoms with E-state index in [0.717, 1.165) is 35.4 Å². The van der Waals surface area contributed by atoms with E-state index in [1.54, 1.807) is 17.0 Å². The van der Waals surface area contributed by atoms with Crippen molar-refractivity contribution in [2.75, 3.05) is 31.1 Å². The molecule has 0 aliphatic carbocycles. The highest BCUT2D eigenvalue weighted by atomic mass is 32.1. The normalized spacial score (nSPS) is 19.1. The maximum Gasteiger partial charge on any atom is 0.251 e. The summed E-state index contributed by atoms with van der Waals surface area (Å²) in [6.07, 6.45) is 4.80. The van der Waals surface area contributed by atoms with Gasteiger partial charge in [0.1, 0.15) is 16.6 Å². The number of amides is 1. The number of carbonyl (C=O) groups excluding carboxylic acids is 1. The number of hydrogen-bond acceptors (Lipinski definition) is 6. The van der Waals surface area contributed by atoms with Gasteiger partial charge in [-0.05, 0) is 69.1 Å². The lowest BCUT2D eigenvalue weighted by Gasteiger charge is -2.33. The summed E-state index contributed by atoms with van der Waals surface area (Å²) in [4.78, 5) is 21.5. The quantitative estimate of drug-likeness (QED) is 0.404. The molecule has 2 aliphatic rings. The van der Waals surface area contributed by atoms with Gasteiger partial charge in [0.2, 0.25) is 0 Å². The Morgan fingerprint density at radius 1 is 1.20 bits per heavy atom. The monoisotopic (exact) mass is 489 g/mol. The van der Waals surface area contributed by atoms with Crippen LogP contribution in [0.15, 0.2) is 54.3 Å². The van der Waals surface area contributed by atoms with Crippen LogP contribution in [-0.2, 0) is 0 Å². The maximum atomic E-state index is 12.6. The van der Waals surface area contributed by atoms with Gasteiger partial charge in [-0.3, -0.25) is 10.2 Å². The highest BCUT2D eigenvalue weighted by molar-refractivity contribution is 7.19. The van der Waals surface area contributed by atoms with E-state index in [9.17, 15) is 9.90 Å². The zero-order valence-electron chi connectivity index (χ0n) is 20.0. The van der Waals surface area contributed by atoms with Crippen LogP contribution < -0.4 is 10.2 Å². The van der Waals surface area contributed by atoms with Crippen molar-refractivity contribution >= 4 is 44.6 Å². The van der Waals surface area contributed by atoms with Gasteiger partial charge < -0.3 is 20.2 Å². The van der Waals surface area contributed by atoms with Gasteiger partial charge in [0.15, 0.2) is 0 Å². The van der Waals surface area contributed by atoms with E-state index in [1.807, 2.05) is 36.4 Å². The standard InChI is InChI=1S/C27H31N5O2S/c1-18-7-4-5-15-31(18)16-6-14-29-26(34)19-10-12-20(13-11-19)32-17-22(33)24(25(32)28)27-30-21-8-2-3-9-23(21)35-27/h2-3,8-13,18,28,33H,4-7,14-17H2,1H3,(H,29,34)/t18-/m1/s1. The molecule has 0 saturated carbocycles. The number of amidine groups is 1. The largest absolute Gasteiger partial charge is 0.510 e. The first-order valence-corrected chi connectivity index (χ1v) is 13.1. The number of fused-ring (bicyclic) bond motifs is 1. The molecule has 0 spiro atoms. The zero-order chi connectivity index (χ0) is 24.4. The van der Waals surface area contributed by atoms with Crippen molar-refractivity contribution < 1.29 is 9.90 Å². The number of likely N-dealkylation sites (tertiary alicyclic amines) is 1. The molecule has 8 heteroatoms. The Morgan fingerprint density at radius 2 is 2.00 bits per heavy atom. The SMILES string of the molecule is C[C@@H]1CCCCN1CCCNC(=O)c1ccc(N2CC(O)=C(c3nc4ccccc4s3)C2=N)cc1. The van der Waals surface area contributed by atoms with Crippen LogP contribution >= 0.6 is 11.3 Å². The van der Waals surface area contributed by atoms with Crippen molar-refractivity contribution in [1.29, 1.82) is 5.41 Å². The average Bonchev–Trinajstić information content (AvgIpc) is 3.42. The first kappa shape index (κ1) is 23.5. The minimum atomic E-state index is -0.0872. The molecule has 1 atom stereocenters. The first-order valence-electron chi connectivity index (χ1n) is 12.3. The van der Waals surface area contributed by atoms with Crippen molar-refractivity contribution in [3.63, 3.8) is 0 Å². The van der Waals surface area contributed by atoms with Crippen LogP contribution in [-0.4, -0.2) is 59.0 Å². The van der Waals surface area contributed by atoms with E-state index in [1.165, 1.54) is 30.6 Å². The van der Waals surface area contributed by atoms with E-state index >= 15 is 0 Å². The molecular formula is C27H31N5O2S. The lowest BCUT2D eigenvalue weighted by atomic mass is 10.0. The summed E-state index contributed by atoms with van der Waals surface area (Å²) in [6, 6.07) is 15.6. The Kier molecular flexibility index (Phi) is 6.83. The van der Waals surface area contributed by atoms with Gasteiger partial charge in [0, 0.05) is 30.4 Å². The van der Waals surface area contributed by atoms with Crippen molar-refractivity contribution in [3.05, 3.63) is 64.9 Å². The Hall–Kier alpha value is -3.23. The number of nitrogens with zero attached hydrogens (tertiary/aromatic N) is 3. The molecule has 7 nitrogen and oxygen atoms in total. The van der Waals surface area contributed by atoms with Gasteiger partial charge >= 0.3 is 0 Å². The Labute approximate surface area is 209 Å². The van der Waals surface area contributed by atoms with Crippen LogP contribution in [0, 0.1) is 5.41 Å². The molecule has 5 rings (SSSR count). The molecule has 182 valence electrons. The van der Waals surface area contributed by atoms with Crippen molar-refractivity contribution in [3.8, 4) is 0 Å². The molecule has 0 radical (unpaired) electrons. The number of aliphatic hydroxyl groups excluding tert-OH is 1. The fraction of sp³-hybridized carbons (Fsp3) is 0.370. The summed E-state index contributed by atoms with van der Waals surface area (Å²) < 4.78 is 1.02. The highest BCUT2D eigenvalue weighted by Crippen LogP contribution is 2.35. The number of aliphatic hydroxyl groups is 1. The first-order chi connectivity index (χ1) is 17.0. The number of carbonyl (C=O) groups is 1. The minimum absolute atomic E-state index is 0.0872. The molecule has 1 saturated heterocycles. The molecule has 1 aromatic heterocycles. The lowest BCUT2D eigenvalue weighted by Crippen LogP contribution is -2.39. The number of hydrogen-bond donors (Lipinski definition) is 3. The van der Waals surface area contributed by atoms with Crippen LogP contribution in [0.5, 0.6) is 0 Å². The van der Waals surface area contributed by atoms with Gasteiger partial charge in [-0.25, -0.2) is 4.98 Å². The molecule has 3 N–H and O–H groups in total. The van der Waals surface area contributed by atoms with Gasteiger partial charge in [0.25, 0.3) is 5.91 Å². The van der Waals surface area contributed by atoms with E-state index in [-0.39, 0.29) is 24.0 Å². The molecule has 2 aliphatic heterocycles. The topological polar surface area (TPSA) is 92.6 Å². The van der Waals surface area contributed by atoms with Gasteiger partial charge in [-0.2, -0.15) is 0 Å². The third kappa shape index (κ3) is 4.94. The predicted octanol–water partition coefficient (Wildman–Crippen LogP) is 5.06. The Bertz CT molecular complexity index is 1230. The lowest BCUT2D eigenvalue weighted by molar-refractivity contribution is 0.0949. The number of piperidine rings is 1. The van der Waals surface area contributed by atoms with E-state index in [2.05, 4.69) is 22.1 Å². The summed E-state index contributed by atoms with van der Waals surface area (Å²) in [7, 11) is 0. The third-order valence-corrected chi connectivity index (χ3v) is 7.95. The number of aromatic nitrogens is 1. The average molecular weight is 490 g/mol. The Balaban J connectivity index is 1.18. The van der Waals surface area contributed by atoms with E-state index < -0.39 is 0 Å². The van der Waals surface area contributed by atoms with Crippen LogP contribution in [0.1, 0.15) is 48.0 Å². The van der Waals surface area contributed by atoms with Crippen molar-refractivity contribution in [2.45, 2.75) is 38.6 Å². The second-order valence-electron chi connectivity index (χ2n) is 9.28. The van der Waals surface area contributed by atoms with E-state index in [4.69, 9.17) is 5.41 Å². The third-order valence-electron chi connectivity index (χ3n) is 6.90. The maximum absolute atomic E-state index is 12.6. The predicted molar refractivity (Wildman–Crippen MR) is 143 cm³/mol. The molecule has 2 aromatic carbocycles. The fourth-order valence-corrected chi connectivity index (χ4v) is 5.91. The number of para-hydroxylation sites is 1. The summed E-state index contributed by atoms with van der Waals surface area (Å²) in [6.45, 7) is 5.34. The van der Waals surface area contributed by atoms with Gasteiger partial charge in [0.05, 0.1) is 22.3 Å². The van der Waals surface area contributed by atoms with Crippen LogP contribution in [0.2, 0.25) is 0 Å². The summed E-state index contributed by atoms with van der Waals surface area (Å²) >= 11 is 1.47. The van der Waals surface area contributed by atoms with E-state index in [0.29, 0.717) is 28.7 Å². The number of thiazole rings is 1. The fourth-order valence-electron chi connectivity index (χ4n) is 4.87. The van der Waals surface area contributed by atoms with Crippen LogP contribution in [0.25, 0.3) is 15.8 Å².